The summed E-state index contributed by atoms with van der Waals surface area (Å²) in [4.78, 5) is 19.9. The number of aliphatic imine (C=N–C) groups is 2. The van der Waals surface area contributed by atoms with E-state index in [1.807, 2.05) is 30.3 Å². The van der Waals surface area contributed by atoms with Gasteiger partial charge < -0.3 is 14.6 Å². The lowest BCUT2D eigenvalue weighted by Crippen LogP contribution is -2.19. The van der Waals surface area contributed by atoms with E-state index in [1.54, 1.807) is 24.3 Å². The molecule has 0 aliphatic carbocycles. The van der Waals surface area contributed by atoms with Gasteiger partial charge in [0.25, 0.3) is 0 Å². The van der Waals surface area contributed by atoms with Crippen molar-refractivity contribution in [3.05, 3.63) is 130 Å². The zero-order valence-corrected chi connectivity index (χ0v) is 23.7. The molecule has 4 aromatic rings. The summed E-state index contributed by atoms with van der Waals surface area (Å²) < 4.78 is 11.5. The van der Waals surface area contributed by atoms with E-state index >= 15 is 0 Å². The van der Waals surface area contributed by atoms with Crippen LogP contribution in [0.1, 0.15) is 38.2 Å². The van der Waals surface area contributed by atoms with Crippen molar-refractivity contribution >= 4 is 29.8 Å². The molecule has 4 aromatic carbocycles. The Morgan fingerprint density at radius 2 is 1.17 bits per heavy atom. The van der Waals surface area contributed by atoms with Gasteiger partial charge >= 0.3 is 5.97 Å². The van der Waals surface area contributed by atoms with Gasteiger partial charge in [-0.15, -0.1) is 12.4 Å². The van der Waals surface area contributed by atoms with Gasteiger partial charge in [0.2, 0.25) is 0 Å². The van der Waals surface area contributed by atoms with Crippen LogP contribution in [-0.4, -0.2) is 48.8 Å². The second kappa shape index (κ2) is 14.6. The molecule has 0 aromatic heterocycles. The van der Waals surface area contributed by atoms with E-state index in [-0.39, 0.29) is 18.0 Å². The van der Waals surface area contributed by atoms with Crippen molar-refractivity contribution < 1.29 is 19.4 Å². The Balaban J connectivity index is 0.000000189. The van der Waals surface area contributed by atoms with Crippen molar-refractivity contribution in [1.82, 2.24) is 0 Å². The van der Waals surface area contributed by atoms with Crippen LogP contribution in [0.15, 0.2) is 107 Å². The van der Waals surface area contributed by atoms with Gasteiger partial charge in [-0.1, -0.05) is 48.5 Å². The van der Waals surface area contributed by atoms with Crippen molar-refractivity contribution in [1.29, 1.82) is 5.26 Å². The zero-order chi connectivity index (χ0) is 28.4. The second-order valence-corrected chi connectivity index (χ2v) is 9.51. The van der Waals surface area contributed by atoms with Gasteiger partial charge in [-0.25, -0.2) is 4.79 Å². The lowest BCUT2D eigenvalue weighted by molar-refractivity contribution is 0.0697. The highest BCUT2D eigenvalue weighted by atomic mass is 35.5. The molecule has 212 valence electrons. The first-order valence-electron chi connectivity index (χ1n) is 13.4. The van der Waals surface area contributed by atoms with E-state index in [0.29, 0.717) is 24.5 Å². The molecule has 6 rings (SSSR count). The van der Waals surface area contributed by atoms with Crippen molar-refractivity contribution in [3.63, 3.8) is 0 Å². The fraction of sp³-hybridized carbons (Fsp3) is 0.176. The maximum absolute atomic E-state index is 10.8. The molecule has 2 aliphatic heterocycles. The van der Waals surface area contributed by atoms with Crippen LogP contribution in [0.25, 0.3) is 0 Å². The maximum atomic E-state index is 10.8. The molecular weight excluding hydrogens is 550 g/mol. The summed E-state index contributed by atoms with van der Waals surface area (Å²) in [7, 11) is 0. The van der Waals surface area contributed by atoms with Crippen LogP contribution >= 0.6 is 12.4 Å². The molecule has 0 fully saturated rings. The lowest BCUT2D eigenvalue weighted by Gasteiger charge is -2.17. The Morgan fingerprint density at radius 3 is 1.62 bits per heavy atom. The molecule has 2 heterocycles. The number of fused-ring (bicyclic) bond motifs is 2. The highest BCUT2D eigenvalue weighted by molar-refractivity contribution is 6.04. The Labute approximate surface area is 251 Å². The summed E-state index contributed by atoms with van der Waals surface area (Å²) in [5.41, 5.74) is 7.79. The molecule has 8 heteroatoms. The van der Waals surface area contributed by atoms with Gasteiger partial charge in [-0.3, -0.25) is 9.98 Å². The van der Waals surface area contributed by atoms with Crippen molar-refractivity contribution in [3.8, 4) is 17.6 Å². The number of rotatable bonds is 7. The Morgan fingerprint density at radius 1 is 0.714 bits per heavy atom. The number of carbonyl (C=O) groups is 1. The summed E-state index contributed by atoms with van der Waals surface area (Å²) in [6.45, 7) is 2.46. The third-order valence-electron chi connectivity index (χ3n) is 6.86. The number of benzene rings is 4. The quantitative estimate of drug-likeness (QED) is 0.280. The minimum atomic E-state index is -0.938. The standard InChI is InChI=1S/C17H14N2O.C17H15NO3.ClH/c18-11-13-5-7-15(8-6-13)20-12-17-16-4-2-1-3-14(16)9-10-19-17;19-17(20)13-5-7-14(8-6-13)21-11-16-15-4-2-1-3-12(15)9-10-18-16;/h1-8H,9-10,12H2;1-8H,9-11H2,(H,19,20);1H. The Kier molecular flexibility index (Phi) is 10.5. The van der Waals surface area contributed by atoms with E-state index in [4.69, 9.17) is 19.8 Å². The van der Waals surface area contributed by atoms with E-state index in [1.165, 1.54) is 28.8 Å². The zero-order valence-electron chi connectivity index (χ0n) is 22.9. The molecule has 0 saturated heterocycles. The van der Waals surface area contributed by atoms with Crippen LogP contribution in [-0.2, 0) is 12.8 Å². The molecule has 2 aliphatic rings. The minimum Gasteiger partial charge on any atom is -0.487 e. The lowest BCUT2D eigenvalue weighted by atomic mass is 9.98. The number of carboxylic acids is 1. The minimum absolute atomic E-state index is 0. The average molecular weight is 580 g/mol. The summed E-state index contributed by atoms with van der Waals surface area (Å²) >= 11 is 0. The normalized spacial score (nSPS) is 12.8. The first kappa shape index (κ1) is 30.0. The van der Waals surface area contributed by atoms with Gasteiger partial charge in [0, 0.05) is 24.2 Å². The number of ether oxygens (including phenoxy) is 2. The SMILES string of the molecule is Cl.N#Cc1ccc(OCC2=NCCc3ccccc32)cc1.O=C(O)c1ccc(OCC2=NCCc3ccccc32)cc1. The summed E-state index contributed by atoms with van der Waals surface area (Å²) in [5, 5.41) is 17.6. The van der Waals surface area contributed by atoms with E-state index in [0.717, 1.165) is 48.7 Å². The average Bonchev–Trinajstić information content (AvgIpc) is 3.03. The highest BCUT2D eigenvalue weighted by Crippen LogP contribution is 2.19. The molecule has 0 bridgehead atoms. The molecule has 0 amide bonds. The monoisotopic (exact) mass is 579 g/mol. The van der Waals surface area contributed by atoms with Crippen molar-refractivity contribution in [2.24, 2.45) is 9.98 Å². The van der Waals surface area contributed by atoms with Crippen LogP contribution in [0, 0.1) is 11.3 Å². The number of nitriles is 1. The Hall–Kier alpha value is -4.93. The van der Waals surface area contributed by atoms with E-state index in [2.05, 4.69) is 46.4 Å². The third kappa shape index (κ3) is 7.62. The first-order chi connectivity index (χ1) is 20.1. The van der Waals surface area contributed by atoms with Gasteiger partial charge in [0.1, 0.15) is 24.7 Å². The number of hydrogen-bond donors (Lipinski definition) is 1. The summed E-state index contributed by atoms with van der Waals surface area (Å²) in [6, 6.07) is 32.2. The van der Waals surface area contributed by atoms with Crippen LogP contribution in [0.2, 0.25) is 0 Å². The van der Waals surface area contributed by atoms with Crippen molar-refractivity contribution in [2.75, 3.05) is 26.3 Å². The van der Waals surface area contributed by atoms with Crippen LogP contribution in [0.3, 0.4) is 0 Å². The maximum Gasteiger partial charge on any atom is 0.335 e. The van der Waals surface area contributed by atoms with Crippen molar-refractivity contribution in [2.45, 2.75) is 12.8 Å². The molecular formula is C34H30ClN3O4. The summed E-state index contributed by atoms with van der Waals surface area (Å²) in [6.07, 6.45) is 1.96. The van der Waals surface area contributed by atoms with Gasteiger partial charge in [0.05, 0.1) is 28.6 Å². The molecule has 0 atom stereocenters. The van der Waals surface area contributed by atoms with Crippen LogP contribution in [0.5, 0.6) is 11.5 Å². The van der Waals surface area contributed by atoms with Gasteiger partial charge in [-0.2, -0.15) is 5.26 Å². The number of halogens is 1. The molecule has 1 N–H and O–H groups in total. The largest absolute Gasteiger partial charge is 0.487 e. The predicted molar refractivity (Wildman–Crippen MR) is 166 cm³/mol. The topological polar surface area (TPSA) is 104 Å². The highest BCUT2D eigenvalue weighted by Gasteiger charge is 2.15. The van der Waals surface area contributed by atoms with Crippen LogP contribution in [0.4, 0.5) is 0 Å². The fourth-order valence-corrected chi connectivity index (χ4v) is 4.70. The second-order valence-electron chi connectivity index (χ2n) is 9.51. The molecule has 0 unspecified atom stereocenters. The smallest absolute Gasteiger partial charge is 0.335 e. The molecule has 0 saturated carbocycles. The first-order valence-corrected chi connectivity index (χ1v) is 13.4. The third-order valence-corrected chi connectivity index (χ3v) is 6.86. The molecule has 0 radical (unpaired) electrons. The number of hydrogen-bond acceptors (Lipinski definition) is 6. The number of aromatic carboxylic acids is 1. The molecule has 7 nitrogen and oxygen atoms in total. The fourth-order valence-electron chi connectivity index (χ4n) is 4.70. The van der Waals surface area contributed by atoms with E-state index in [9.17, 15) is 4.79 Å². The van der Waals surface area contributed by atoms with Crippen LogP contribution < -0.4 is 9.47 Å². The predicted octanol–water partition coefficient (Wildman–Crippen LogP) is 6.21. The summed E-state index contributed by atoms with van der Waals surface area (Å²) in [5.74, 6) is 0.465. The van der Waals surface area contributed by atoms with Gasteiger partial charge in [0.15, 0.2) is 0 Å². The molecule has 42 heavy (non-hydrogen) atoms. The number of nitrogens with zero attached hydrogens (tertiary/aromatic N) is 3. The Bertz CT molecular complexity index is 1620. The molecule has 0 spiro atoms. The van der Waals surface area contributed by atoms with E-state index < -0.39 is 5.97 Å². The number of carboxylic acid groups (broad SMARTS) is 1. The van der Waals surface area contributed by atoms with Gasteiger partial charge in [-0.05, 0) is 72.5 Å².